The van der Waals surface area contributed by atoms with E-state index >= 15 is 0 Å². The van der Waals surface area contributed by atoms with Crippen LogP contribution in [0.3, 0.4) is 0 Å². The molecule has 7 heteroatoms. The van der Waals surface area contributed by atoms with Gasteiger partial charge in [0.2, 0.25) is 5.91 Å². The highest BCUT2D eigenvalue weighted by Gasteiger charge is 2.30. The van der Waals surface area contributed by atoms with Crippen molar-refractivity contribution in [1.82, 2.24) is 9.80 Å². The van der Waals surface area contributed by atoms with E-state index in [1.165, 1.54) is 6.92 Å². The van der Waals surface area contributed by atoms with Gasteiger partial charge in [0.25, 0.3) is 5.91 Å². The fourth-order valence-electron chi connectivity index (χ4n) is 3.29. The molecule has 1 N–H and O–H groups in total. The van der Waals surface area contributed by atoms with Crippen LogP contribution in [0.2, 0.25) is 0 Å². The zero-order valence-corrected chi connectivity index (χ0v) is 15.1. The first-order valence-electron chi connectivity index (χ1n) is 9.06. The molecule has 3 rings (SSSR count). The van der Waals surface area contributed by atoms with Crippen molar-refractivity contribution in [2.75, 3.05) is 44.6 Å². The van der Waals surface area contributed by atoms with Crippen LogP contribution in [0.5, 0.6) is 0 Å². The van der Waals surface area contributed by atoms with Gasteiger partial charge in [-0.05, 0) is 44.0 Å². The minimum atomic E-state index is -0.275. The third kappa shape index (κ3) is 4.68. The van der Waals surface area contributed by atoms with Crippen molar-refractivity contribution in [1.29, 1.82) is 0 Å². The summed E-state index contributed by atoms with van der Waals surface area (Å²) in [5.41, 5.74) is 1.29. The summed E-state index contributed by atoms with van der Waals surface area (Å²) in [6, 6.07) is 6.86. The van der Waals surface area contributed by atoms with Crippen molar-refractivity contribution in [2.24, 2.45) is 0 Å². The molecule has 1 unspecified atom stereocenters. The molecule has 2 saturated heterocycles. The molecule has 7 nitrogen and oxygen atoms in total. The highest BCUT2D eigenvalue weighted by molar-refractivity contribution is 5.96. The Hall–Kier alpha value is -2.25. The Kier molecular flexibility index (Phi) is 6.00. The maximum atomic E-state index is 12.3. The van der Waals surface area contributed by atoms with Crippen LogP contribution >= 0.6 is 0 Å². The smallest absolute Gasteiger partial charge is 0.251 e. The molecule has 0 bridgehead atoms. The third-order valence-electron chi connectivity index (χ3n) is 4.83. The number of hydrogen-bond acceptors (Lipinski definition) is 5. The first kappa shape index (κ1) is 18.5. The number of ether oxygens (including phenoxy) is 1. The average molecular weight is 359 g/mol. The van der Waals surface area contributed by atoms with E-state index in [1.54, 1.807) is 24.3 Å². The zero-order valence-electron chi connectivity index (χ0n) is 15.1. The van der Waals surface area contributed by atoms with Crippen LogP contribution in [-0.2, 0) is 14.3 Å². The second kappa shape index (κ2) is 8.42. The van der Waals surface area contributed by atoms with Gasteiger partial charge in [0.05, 0.1) is 6.54 Å². The number of carbonyl (C=O) groups is 3. The van der Waals surface area contributed by atoms with Gasteiger partial charge in [-0.1, -0.05) is 0 Å². The molecule has 2 aliphatic heterocycles. The van der Waals surface area contributed by atoms with Crippen LogP contribution in [0.1, 0.15) is 30.1 Å². The number of hydrogen-bond donors (Lipinski definition) is 1. The molecular weight excluding hydrogens is 334 g/mol. The monoisotopic (exact) mass is 359 g/mol. The van der Waals surface area contributed by atoms with Crippen molar-refractivity contribution < 1.29 is 19.1 Å². The number of nitrogens with one attached hydrogen (secondary N) is 1. The Balaban J connectivity index is 1.43. The summed E-state index contributed by atoms with van der Waals surface area (Å²) in [6.45, 7) is 5.07. The molecule has 0 saturated carbocycles. The second-order valence-electron chi connectivity index (χ2n) is 6.78. The topological polar surface area (TPSA) is 79.0 Å². The molecule has 0 radical (unpaired) electrons. The summed E-state index contributed by atoms with van der Waals surface area (Å²) in [4.78, 5) is 39.7. The largest absolute Gasteiger partial charge is 0.368 e. The molecule has 2 amide bonds. The molecular formula is C19H25N3O4. The fraction of sp³-hybridized carbons (Fsp3) is 0.526. The highest BCUT2D eigenvalue weighted by Crippen LogP contribution is 2.16. The number of nitrogens with zero attached hydrogens (tertiary/aromatic N) is 2. The standard InChI is InChI=1S/C19H25N3O4/c1-14(23)15-4-6-16(7-5-15)20-18(24)13-21-8-10-22(11-9-21)19(25)17-3-2-12-26-17/h4-7,17H,2-3,8-13H2,1H3,(H,20,24). The number of anilines is 1. The Bertz CT molecular complexity index is 660. The molecule has 0 aromatic heterocycles. The maximum absolute atomic E-state index is 12.3. The lowest BCUT2D eigenvalue weighted by Gasteiger charge is -2.35. The highest BCUT2D eigenvalue weighted by atomic mass is 16.5. The summed E-state index contributed by atoms with van der Waals surface area (Å²) >= 11 is 0. The van der Waals surface area contributed by atoms with Crippen molar-refractivity contribution in [3.63, 3.8) is 0 Å². The van der Waals surface area contributed by atoms with Crippen molar-refractivity contribution >= 4 is 23.3 Å². The molecule has 1 aromatic carbocycles. The van der Waals surface area contributed by atoms with E-state index in [0.29, 0.717) is 44.0 Å². The minimum Gasteiger partial charge on any atom is -0.368 e. The van der Waals surface area contributed by atoms with E-state index in [-0.39, 0.29) is 30.2 Å². The molecule has 1 atom stereocenters. The molecule has 0 spiro atoms. The lowest BCUT2D eigenvalue weighted by atomic mass is 10.1. The first-order valence-corrected chi connectivity index (χ1v) is 9.06. The normalized spacial score (nSPS) is 20.8. The summed E-state index contributed by atoms with van der Waals surface area (Å²) < 4.78 is 5.46. The predicted octanol–water partition coefficient (Wildman–Crippen LogP) is 1.15. The first-order chi connectivity index (χ1) is 12.5. The molecule has 2 heterocycles. The Labute approximate surface area is 153 Å². The van der Waals surface area contributed by atoms with Crippen LogP contribution < -0.4 is 5.32 Å². The van der Waals surface area contributed by atoms with Gasteiger partial charge in [-0.15, -0.1) is 0 Å². The van der Waals surface area contributed by atoms with Crippen LogP contribution in [0, 0.1) is 0 Å². The van der Waals surface area contributed by atoms with Gasteiger partial charge in [0.1, 0.15) is 6.10 Å². The van der Waals surface area contributed by atoms with Crippen molar-refractivity contribution in [2.45, 2.75) is 25.9 Å². The van der Waals surface area contributed by atoms with E-state index in [2.05, 4.69) is 5.32 Å². The van der Waals surface area contributed by atoms with E-state index in [9.17, 15) is 14.4 Å². The number of ketones is 1. The van der Waals surface area contributed by atoms with E-state index in [0.717, 1.165) is 12.8 Å². The summed E-state index contributed by atoms with van der Waals surface area (Å²) in [5.74, 6) is -0.0186. The number of Topliss-reactive ketones (excluding diaryl/α,β-unsaturated/α-hetero) is 1. The lowest BCUT2D eigenvalue weighted by Crippen LogP contribution is -2.52. The van der Waals surface area contributed by atoms with Crippen LogP contribution in [0.15, 0.2) is 24.3 Å². The maximum Gasteiger partial charge on any atom is 0.251 e. The Morgan fingerprint density at radius 1 is 1.12 bits per heavy atom. The average Bonchev–Trinajstić information content (AvgIpc) is 3.17. The lowest BCUT2D eigenvalue weighted by molar-refractivity contribution is -0.142. The SMILES string of the molecule is CC(=O)c1ccc(NC(=O)CN2CCN(C(=O)C3CCCO3)CC2)cc1. The van der Waals surface area contributed by atoms with Gasteiger partial charge in [-0.3, -0.25) is 19.3 Å². The molecule has 1 aromatic rings. The van der Waals surface area contributed by atoms with Crippen LogP contribution in [0.4, 0.5) is 5.69 Å². The van der Waals surface area contributed by atoms with Gasteiger partial charge < -0.3 is 15.0 Å². The van der Waals surface area contributed by atoms with Gasteiger partial charge in [-0.25, -0.2) is 0 Å². The van der Waals surface area contributed by atoms with E-state index in [4.69, 9.17) is 4.74 Å². The molecule has 2 aliphatic rings. The summed E-state index contributed by atoms with van der Waals surface area (Å²) in [5, 5.41) is 2.84. The van der Waals surface area contributed by atoms with E-state index < -0.39 is 0 Å². The number of carbonyl (C=O) groups excluding carboxylic acids is 3. The third-order valence-corrected chi connectivity index (χ3v) is 4.83. The van der Waals surface area contributed by atoms with Crippen LogP contribution in [0.25, 0.3) is 0 Å². The number of benzene rings is 1. The number of rotatable bonds is 5. The fourth-order valence-corrected chi connectivity index (χ4v) is 3.29. The van der Waals surface area contributed by atoms with Gasteiger partial charge in [0.15, 0.2) is 5.78 Å². The summed E-state index contributed by atoms with van der Waals surface area (Å²) in [7, 11) is 0. The Morgan fingerprint density at radius 2 is 1.81 bits per heavy atom. The predicted molar refractivity (Wildman–Crippen MR) is 97.1 cm³/mol. The van der Waals surface area contributed by atoms with Gasteiger partial charge >= 0.3 is 0 Å². The van der Waals surface area contributed by atoms with Crippen LogP contribution in [-0.4, -0.2) is 72.8 Å². The number of piperazine rings is 1. The van der Waals surface area contributed by atoms with Crippen molar-refractivity contribution in [3.05, 3.63) is 29.8 Å². The summed E-state index contributed by atoms with van der Waals surface area (Å²) in [6.07, 6.45) is 1.48. The van der Waals surface area contributed by atoms with Gasteiger partial charge in [0, 0.05) is 44.0 Å². The second-order valence-corrected chi connectivity index (χ2v) is 6.78. The molecule has 140 valence electrons. The Morgan fingerprint density at radius 3 is 2.38 bits per heavy atom. The number of amides is 2. The van der Waals surface area contributed by atoms with Crippen molar-refractivity contribution in [3.8, 4) is 0 Å². The molecule has 26 heavy (non-hydrogen) atoms. The van der Waals surface area contributed by atoms with Gasteiger partial charge in [-0.2, -0.15) is 0 Å². The quantitative estimate of drug-likeness (QED) is 0.798. The zero-order chi connectivity index (χ0) is 18.5. The minimum absolute atomic E-state index is 0.00158. The molecule has 2 fully saturated rings. The van der Waals surface area contributed by atoms with E-state index in [1.807, 2.05) is 9.80 Å². The molecule has 0 aliphatic carbocycles.